The number of hydrogen-bond donors (Lipinski definition) is 0. The first kappa shape index (κ1) is 16.9. The van der Waals surface area contributed by atoms with Gasteiger partial charge in [0.15, 0.2) is 5.78 Å². The Morgan fingerprint density at radius 2 is 1.75 bits per heavy atom. The molecule has 0 radical (unpaired) electrons. The molecular formula is C24H18N2OS. The maximum absolute atomic E-state index is 13.0. The lowest BCUT2D eigenvalue weighted by atomic mass is 9.86. The first-order valence-electron chi connectivity index (χ1n) is 9.32. The fourth-order valence-corrected chi connectivity index (χ4v) is 4.38. The normalized spacial score (nSPS) is 15.0. The van der Waals surface area contributed by atoms with Crippen LogP contribution in [0.4, 0.5) is 0 Å². The summed E-state index contributed by atoms with van der Waals surface area (Å²) in [4.78, 5) is 14.1. The van der Waals surface area contributed by atoms with Crippen molar-refractivity contribution in [2.75, 3.05) is 0 Å². The van der Waals surface area contributed by atoms with Gasteiger partial charge in [-0.3, -0.25) is 4.79 Å². The molecule has 0 amide bonds. The van der Waals surface area contributed by atoms with E-state index in [4.69, 9.17) is 5.10 Å². The van der Waals surface area contributed by atoms with Crippen LogP contribution in [0.25, 0.3) is 22.3 Å². The first-order chi connectivity index (χ1) is 13.8. The largest absolute Gasteiger partial charge is 0.289 e. The molecule has 4 aromatic rings. The zero-order valence-corrected chi connectivity index (χ0v) is 16.0. The van der Waals surface area contributed by atoms with Gasteiger partial charge in [-0.25, -0.2) is 4.68 Å². The summed E-state index contributed by atoms with van der Waals surface area (Å²) in [5.74, 6) is 0.131. The summed E-state index contributed by atoms with van der Waals surface area (Å²) in [7, 11) is 0. The molecule has 0 fully saturated rings. The Bertz CT molecular complexity index is 1170. The highest BCUT2D eigenvalue weighted by Crippen LogP contribution is 2.32. The number of carbonyl (C=O) groups excluding carboxylic acids is 1. The Hall–Kier alpha value is -3.24. The Morgan fingerprint density at radius 3 is 2.57 bits per heavy atom. The smallest absolute Gasteiger partial charge is 0.189 e. The number of para-hydroxylation sites is 1. The van der Waals surface area contributed by atoms with E-state index in [9.17, 15) is 4.79 Å². The molecule has 28 heavy (non-hydrogen) atoms. The third-order valence-electron chi connectivity index (χ3n) is 5.06. The molecule has 1 aliphatic carbocycles. The summed E-state index contributed by atoms with van der Waals surface area (Å²) in [5.41, 5.74) is 5.72. The van der Waals surface area contributed by atoms with Gasteiger partial charge >= 0.3 is 0 Å². The molecule has 4 heteroatoms. The number of rotatable bonds is 3. The molecule has 5 rings (SSSR count). The van der Waals surface area contributed by atoms with E-state index in [-0.39, 0.29) is 5.78 Å². The highest BCUT2D eigenvalue weighted by molar-refractivity contribution is 7.13. The van der Waals surface area contributed by atoms with Gasteiger partial charge in [0.2, 0.25) is 0 Å². The van der Waals surface area contributed by atoms with Crippen molar-refractivity contribution >= 4 is 23.2 Å². The van der Waals surface area contributed by atoms with Gasteiger partial charge in [-0.1, -0.05) is 48.5 Å². The molecule has 0 bridgehead atoms. The Morgan fingerprint density at radius 1 is 0.929 bits per heavy atom. The lowest BCUT2D eigenvalue weighted by Crippen LogP contribution is -2.13. The molecule has 0 spiro atoms. The number of aryl methyl sites for hydroxylation is 1. The second-order valence-electron chi connectivity index (χ2n) is 6.85. The molecule has 0 N–H and O–H groups in total. The summed E-state index contributed by atoms with van der Waals surface area (Å²) < 4.78 is 1.89. The SMILES string of the molecule is O=C1/C(=C\c2cn(-c3ccccc3)nc2-c2cccs2)CCc2ccccc21. The van der Waals surface area contributed by atoms with Crippen LogP contribution in [0.2, 0.25) is 0 Å². The van der Waals surface area contributed by atoms with Crippen molar-refractivity contribution in [1.82, 2.24) is 9.78 Å². The molecule has 1 aliphatic rings. The summed E-state index contributed by atoms with van der Waals surface area (Å²) in [6.07, 6.45) is 5.70. The van der Waals surface area contributed by atoms with Gasteiger partial charge in [0, 0.05) is 22.9 Å². The Balaban J connectivity index is 1.61. The minimum absolute atomic E-state index is 0.131. The topological polar surface area (TPSA) is 34.9 Å². The minimum Gasteiger partial charge on any atom is -0.289 e. The highest BCUT2D eigenvalue weighted by Gasteiger charge is 2.22. The van der Waals surface area contributed by atoms with E-state index in [1.807, 2.05) is 71.6 Å². The number of nitrogens with zero attached hydrogens (tertiary/aromatic N) is 2. The van der Waals surface area contributed by atoms with Gasteiger partial charge in [0.25, 0.3) is 0 Å². The van der Waals surface area contributed by atoms with E-state index < -0.39 is 0 Å². The fourth-order valence-electron chi connectivity index (χ4n) is 3.65. The molecule has 2 heterocycles. The van der Waals surface area contributed by atoms with Gasteiger partial charge in [-0.05, 0) is 48.1 Å². The number of aromatic nitrogens is 2. The van der Waals surface area contributed by atoms with E-state index in [2.05, 4.69) is 17.5 Å². The lowest BCUT2D eigenvalue weighted by molar-refractivity contribution is 0.102. The molecule has 2 aromatic heterocycles. The van der Waals surface area contributed by atoms with Crippen molar-refractivity contribution < 1.29 is 4.79 Å². The van der Waals surface area contributed by atoms with Crippen molar-refractivity contribution in [3.8, 4) is 16.3 Å². The zero-order chi connectivity index (χ0) is 18.9. The molecule has 0 saturated carbocycles. The lowest BCUT2D eigenvalue weighted by Gasteiger charge is -2.17. The van der Waals surface area contributed by atoms with Crippen LogP contribution in [-0.4, -0.2) is 15.6 Å². The van der Waals surface area contributed by atoms with Crippen molar-refractivity contribution in [2.45, 2.75) is 12.8 Å². The molecular weight excluding hydrogens is 364 g/mol. The molecule has 2 aromatic carbocycles. The second-order valence-corrected chi connectivity index (χ2v) is 7.79. The van der Waals surface area contributed by atoms with Crippen LogP contribution in [0.3, 0.4) is 0 Å². The number of carbonyl (C=O) groups is 1. The van der Waals surface area contributed by atoms with Crippen molar-refractivity contribution in [2.24, 2.45) is 0 Å². The average Bonchev–Trinajstić information content (AvgIpc) is 3.41. The number of Topliss-reactive ketones (excluding diaryl/α,β-unsaturated/α-hetero) is 1. The number of benzene rings is 2. The van der Waals surface area contributed by atoms with E-state index in [1.165, 1.54) is 0 Å². The van der Waals surface area contributed by atoms with E-state index in [0.29, 0.717) is 0 Å². The Labute approximate surface area is 167 Å². The van der Waals surface area contributed by atoms with E-state index >= 15 is 0 Å². The first-order valence-corrected chi connectivity index (χ1v) is 10.2. The molecule has 0 saturated heterocycles. The minimum atomic E-state index is 0.131. The predicted octanol–water partition coefficient (Wildman–Crippen LogP) is 5.81. The maximum Gasteiger partial charge on any atom is 0.189 e. The second kappa shape index (κ2) is 7.06. The van der Waals surface area contributed by atoms with Gasteiger partial charge in [0.1, 0.15) is 5.69 Å². The fraction of sp³-hybridized carbons (Fsp3) is 0.0833. The summed E-state index contributed by atoms with van der Waals surface area (Å²) in [6.45, 7) is 0. The molecule has 136 valence electrons. The molecule has 0 aliphatic heterocycles. The van der Waals surface area contributed by atoms with Crippen molar-refractivity contribution in [1.29, 1.82) is 0 Å². The van der Waals surface area contributed by atoms with Gasteiger partial charge in [-0.2, -0.15) is 5.10 Å². The van der Waals surface area contributed by atoms with Crippen LogP contribution < -0.4 is 0 Å². The quantitative estimate of drug-likeness (QED) is 0.419. The number of allylic oxidation sites excluding steroid dienone is 1. The number of fused-ring (bicyclic) bond motifs is 1. The average molecular weight is 382 g/mol. The van der Waals surface area contributed by atoms with Crippen LogP contribution in [0.1, 0.15) is 27.9 Å². The van der Waals surface area contributed by atoms with Crippen LogP contribution in [-0.2, 0) is 6.42 Å². The van der Waals surface area contributed by atoms with Crippen molar-refractivity contribution in [3.05, 3.63) is 101 Å². The van der Waals surface area contributed by atoms with Crippen molar-refractivity contribution in [3.63, 3.8) is 0 Å². The van der Waals surface area contributed by atoms with Gasteiger partial charge in [-0.15, -0.1) is 11.3 Å². The van der Waals surface area contributed by atoms with Crippen LogP contribution in [0.5, 0.6) is 0 Å². The molecule has 3 nitrogen and oxygen atoms in total. The monoisotopic (exact) mass is 382 g/mol. The number of hydrogen-bond acceptors (Lipinski definition) is 3. The van der Waals surface area contributed by atoms with Crippen LogP contribution in [0.15, 0.2) is 83.9 Å². The number of ketones is 1. The van der Waals surface area contributed by atoms with Gasteiger partial charge in [0.05, 0.1) is 10.6 Å². The highest BCUT2D eigenvalue weighted by atomic mass is 32.1. The molecule has 0 unspecified atom stereocenters. The van der Waals surface area contributed by atoms with Crippen LogP contribution >= 0.6 is 11.3 Å². The third kappa shape index (κ3) is 3.02. The predicted molar refractivity (Wildman–Crippen MR) is 114 cm³/mol. The summed E-state index contributed by atoms with van der Waals surface area (Å²) in [6, 6.07) is 22.1. The molecule has 0 atom stereocenters. The zero-order valence-electron chi connectivity index (χ0n) is 15.2. The standard InChI is InChI=1S/C24H18N2OS/c27-24-18(13-12-17-7-4-5-10-21(17)24)15-19-16-26(20-8-2-1-3-9-20)25-23(19)22-11-6-14-28-22/h1-11,14-16H,12-13H2/b18-15-. The number of thiophene rings is 1. The summed E-state index contributed by atoms with van der Waals surface area (Å²) in [5, 5.41) is 6.88. The van der Waals surface area contributed by atoms with Crippen LogP contribution in [0, 0.1) is 0 Å². The van der Waals surface area contributed by atoms with Gasteiger partial charge < -0.3 is 0 Å². The summed E-state index contributed by atoms with van der Waals surface area (Å²) >= 11 is 1.66. The maximum atomic E-state index is 13.0. The third-order valence-corrected chi connectivity index (χ3v) is 5.94. The van der Waals surface area contributed by atoms with E-state index in [1.54, 1.807) is 11.3 Å². The van der Waals surface area contributed by atoms with E-state index in [0.717, 1.165) is 51.4 Å². The Kier molecular flexibility index (Phi) is 4.26.